The Hall–Kier alpha value is -3.92. The molecule has 2 heterocycles. The molecule has 1 aliphatic rings. The lowest BCUT2D eigenvalue weighted by atomic mass is 10.1. The Kier molecular flexibility index (Phi) is 7.02. The molecule has 4 rings (SSSR count). The first-order chi connectivity index (χ1) is 16.8. The molecular formula is C25H29N5O5. The molecule has 0 atom stereocenters. The van der Waals surface area contributed by atoms with Gasteiger partial charge in [-0.05, 0) is 44.2 Å². The van der Waals surface area contributed by atoms with Crippen LogP contribution in [-0.4, -0.2) is 61.2 Å². The fourth-order valence-corrected chi connectivity index (χ4v) is 3.95. The third-order valence-electron chi connectivity index (χ3n) is 6.17. The van der Waals surface area contributed by atoms with E-state index < -0.39 is 10.5 Å². The van der Waals surface area contributed by atoms with Crippen LogP contribution in [-0.2, 0) is 4.74 Å². The number of anilines is 2. The lowest BCUT2D eigenvalue weighted by molar-refractivity contribution is -0.384. The molecule has 1 aromatic heterocycles. The van der Waals surface area contributed by atoms with Crippen LogP contribution in [0.2, 0.25) is 0 Å². The number of methoxy groups -OCH3 is 1. The van der Waals surface area contributed by atoms with Gasteiger partial charge in [0.05, 0.1) is 30.9 Å². The highest BCUT2D eigenvalue weighted by Gasteiger charge is 2.24. The molecule has 2 aromatic carbocycles. The minimum atomic E-state index is -0.489. The SMILES string of the molecule is COc1cccc(-c2cc(N(C)C(C)C)c(=O)n(-c3cc(N4CCOCC4)ccc3[N+](=O)[O-])n2)c1. The summed E-state index contributed by atoms with van der Waals surface area (Å²) in [6.45, 7) is 6.39. The molecule has 10 nitrogen and oxygen atoms in total. The highest BCUT2D eigenvalue weighted by molar-refractivity contribution is 5.68. The van der Waals surface area contributed by atoms with Gasteiger partial charge < -0.3 is 19.3 Å². The summed E-state index contributed by atoms with van der Waals surface area (Å²) in [7, 11) is 3.39. The summed E-state index contributed by atoms with van der Waals surface area (Å²) >= 11 is 0. The Balaban J connectivity index is 1.96. The van der Waals surface area contributed by atoms with E-state index >= 15 is 0 Å². The van der Waals surface area contributed by atoms with Crippen molar-refractivity contribution in [3.05, 3.63) is 69.0 Å². The van der Waals surface area contributed by atoms with E-state index in [-0.39, 0.29) is 17.4 Å². The minimum Gasteiger partial charge on any atom is -0.497 e. The third-order valence-corrected chi connectivity index (χ3v) is 6.17. The number of benzene rings is 2. The first-order valence-corrected chi connectivity index (χ1v) is 11.4. The summed E-state index contributed by atoms with van der Waals surface area (Å²) in [5, 5.41) is 16.6. The highest BCUT2D eigenvalue weighted by Crippen LogP contribution is 2.30. The second kappa shape index (κ2) is 10.1. The zero-order chi connectivity index (χ0) is 25.1. The molecule has 3 aromatic rings. The average Bonchev–Trinajstić information content (AvgIpc) is 2.88. The van der Waals surface area contributed by atoms with E-state index in [9.17, 15) is 14.9 Å². The predicted molar refractivity (Wildman–Crippen MR) is 135 cm³/mol. The van der Waals surface area contributed by atoms with Crippen molar-refractivity contribution < 1.29 is 14.4 Å². The largest absolute Gasteiger partial charge is 0.497 e. The van der Waals surface area contributed by atoms with Gasteiger partial charge in [0.2, 0.25) is 0 Å². The Labute approximate surface area is 203 Å². The second-order valence-corrected chi connectivity index (χ2v) is 8.60. The third kappa shape index (κ3) is 4.97. The zero-order valence-corrected chi connectivity index (χ0v) is 20.3. The molecule has 0 radical (unpaired) electrons. The number of hydrogen-bond donors (Lipinski definition) is 0. The summed E-state index contributed by atoms with van der Waals surface area (Å²) in [6, 6.07) is 13.8. The van der Waals surface area contributed by atoms with Crippen molar-refractivity contribution in [3.63, 3.8) is 0 Å². The van der Waals surface area contributed by atoms with Crippen molar-refractivity contribution in [1.29, 1.82) is 0 Å². The summed E-state index contributed by atoms with van der Waals surface area (Å²) in [5.74, 6) is 0.640. The number of nitrogens with zero attached hydrogens (tertiary/aromatic N) is 5. The van der Waals surface area contributed by atoms with Crippen LogP contribution in [0.3, 0.4) is 0 Å². The number of aromatic nitrogens is 2. The van der Waals surface area contributed by atoms with Gasteiger partial charge in [-0.1, -0.05) is 12.1 Å². The quantitative estimate of drug-likeness (QED) is 0.375. The van der Waals surface area contributed by atoms with Gasteiger partial charge in [0.1, 0.15) is 17.1 Å². The van der Waals surface area contributed by atoms with E-state index in [2.05, 4.69) is 10.00 Å². The smallest absolute Gasteiger partial charge is 0.295 e. The van der Waals surface area contributed by atoms with E-state index in [4.69, 9.17) is 9.47 Å². The van der Waals surface area contributed by atoms with Crippen molar-refractivity contribution >= 4 is 17.1 Å². The molecule has 0 unspecified atom stereocenters. The normalized spacial score (nSPS) is 13.7. The molecule has 0 amide bonds. The van der Waals surface area contributed by atoms with Crippen molar-refractivity contribution in [1.82, 2.24) is 9.78 Å². The molecular weight excluding hydrogens is 450 g/mol. The molecule has 0 N–H and O–H groups in total. The Morgan fingerprint density at radius 2 is 1.89 bits per heavy atom. The average molecular weight is 480 g/mol. The topological polar surface area (TPSA) is 103 Å². The molecule has 0 aliphatic carbocycles. The van der Waals surface area contributed by atoms with Crippen molar-refractivity contribution in [2.45, 2.75) is 19.9 Å². The Bertz CT molecular complexity index is 1280. The van der Waals surface area contributed by atoms with Crippen molar-refractivity contribution in [2.24, 2.45) is 0 Å². The maximum Gasteiger partial charge on any atom is 0.295 e. The van der Waals surface area contributed by atoms with Gasteiger partial charge in [-0.15, -0.1) is 0 Å². The summed E-state index contributed by atoms with van der Waals surface area (Å²) in [6.07, 6.45) is 0. The van der Waals surface area contributed by atoms with Crippen LogP contribution in [0.5, 0.6) is 5.75 Å². The maximum absolute atomic E-state index is 13.7. The molecule has 35 heavy (non-hydrogen) atoms. The number of nitro benzene ring substituents is 1. The van der Waals surface area contributed by atoms with Gasteiger partial charge in [-0.2, -0.15) is 9.78 Å². The van der Waals surface area contributed by atoms with E-state index in [0.717, 1.165) is 15.9 Å². The van der Waals surface area contributed by atoms with Crippen LogP contribution in [0.4, 0.5) is 17.1 Å². The van der Waals surface area contributed by atoms with Crippen LogP contribution >= 0.6 is 0 Å². The van der Waals surface area contributed by atoms with Crippen LogP contribution < -0.4 is 20.1 Å². The molecule has 0 bridgehead atoms. The number of morpholine rings is 1. The minimum absolute atomic E-state index is 0.0198. The number of rotatable bonds is 7. The van der Waals surface area contributed by atoms with Gasteiger partial charge in [-0.3, -0.25) is 14.9 Å². The van der Waals surface area contributed by atoms with Crippen LogP contribution in [0.25, 0.3) is 16.9 Å². The lowest BCUT2D eigenvalue weighted by Crippen LogP contribution is -2.36. The first-order valence-electron chi connectivity index (χ1n) is 11.4. The first kappa shape index (κ1) is 24.2. The van der Waals surface area contributed by atoms with E-state index in [1.54, 1.807) is 25.3 Å². The van der Waals surface area contributed by atoms with Gasteiger partial charge in [0.25, 0.3) is 11.2 Å². The monoisotopic (exact) mass is 479 g/mol. The lowest BCUT2D eigenvalue weighted by Gasteiger charge is -2.29. The summed E-state index contributed by atoms with van der Waals surface area (Å²) in [4.78, 5) is 29.0. The number of nitro groups is 1. The molecule has 1 aliphatic heterocycles. The number of hydrogen-bond acceptors (Lipinski definition) is 8. The van der Waals surface area contributed by atoms with E-state index in [0.29, 0.717) is 43.4 Å². The fraction of sp³-hybridized carbons (Fsp3) is 0.360. The van der Waals surface area contributed by atoms with E-state index in [1.165, 1.54) is 6.07 Å². The van der Waals surface area contributed by atoms with Gasteiger partial charge in [-0.25, -0.2) is 0 Å². The Morgan fingerprint density at radius 1 is 1.14 bits per heavy atom. The molecule has 184 valence electrons. The zero-order valence-electron chi connectivity index (χ0n) is 20.3. The van der Waals surface area contributed by atoms with Crippen molar-refractivity contribution in [3.8, 4) is 22.7 Å². The fourth-order valence-electron chi connectivity index (χ4n) is 3.95. The Morgan fingerprint density at radius 3 is 2.54 bits per heavy atom. The molecule has 10 heteroatoms. The van der Waals surface area contributed by atoms with E-state index in [1.807, 2.05) is 50.1 Å². The predicted octanol–water partition coefficient (Wildman–Crippen LogP) is 3.50. The van der Waals surface area contributed by atoms with Gasteiger partial charge in [0, 0.05) is 43.5 Å². The van der Waals surface area contributed by atoms with Gasteiger partial charge >= 0.3 is 0 Å². The van der Waals surface area contributed by atoms with Crippen LogP contribution in [0.15, 0.2) is 53.3 Å². The number of ether oxygens (including phenoxy) is 2. The molecule has 0 spiro atoms. The summed E-state index contributed by atoms with van der Waals surface area (Å²) < 4.78 is 11.9. The van der Waals surface area contributed by atoms with Crippen LogP contribution in [0.1, 0.15) is 13.8 Å². The maximum atomic E-state index is 13.7. The highest BCUT2D eigenvalue weighted by atomic mass is 16.6. The van der Waals surface area contributed by atoms with Crippen molar-refractivity contribution in [2.75, 3.05) is 50.3 Å². The summed E-state index contributed by atoms with van der Waals surface area (Å²) in [5.41, 5.74) is 1.87. The van der Waals surface area contributed by atoms with Crippen LogP contribution in [0, 0.1) is 10.1 Å². The second-order valence-electron chi connectivity index (χ2n) is 8.60. The standard InChI is InChI=1S/C25H29N5O5/c1-17(2)27(3)24-16-21(18-6-5-7-20(14-18)34-4)26-29(25(24)31)23-15-19(8-9-22(23)30(32)33)28-10-12-35-13-11-28/h5-9,14-17H,10-13H2,1-4H3. The molecule has 1 fully saturated rings. The molecule has 1 saturated heterocycles. The molecule has 0 saturated carbocycles. The van der Waals surface area contributed by atoms with Gasteiger partial charge in [0.15, 0.2) is 0 Å².